The van der Waals surface area contributed by atoms with Crippen LogP contribution in [0.3, 0.4) is 0 Å². The number of nitrogens with zero attached hydrogens (tertiary/aromatic N) is 1. The number of hydrogen-bond acceptors (Lipinski definition) is 5. The van der Waals surface area contributed by atoms with Gasteiger partial charge in [0, 0.05) is 4.88 Å². The zero-order valence-corrected chi connectivity index (χ0v) is 13.8. The highest BCUT2D eigenvalue weighted by molar-refractivity contribution is 7.89. The molecule has 0 spiro atoms. The van der Waals surface area contributed by atoms with Gasteiger partial charge in [0.15, 0.2) is 0 Å². The number of sulfonamides is 1. The second-order valence-electron chi connectivity index (χ2n) is 4.79. The molecule has 2 aromatic rings. The predicted octanol–water partition coefficient (Wildman–Crippen LogP) is 2.29. The molecular formula is C14H18N2O3S2. The molecule has 0 saturated carbocycles. The highest BCUT2D eigenvalue weighted by Crippen LogP contribution is 2.26. The highest BCUT2D eigenvalue weighted by atomic mass is 32.2. The molecule has 0 fully saturated rings. The van der Waals surface area contributed by atoms with Gasteiger partial charge >= 0.3 is 0 Å². The third-order valence-corrected chi connectivity index (χ3v) is 5.99. The van der Waals surface area contributed by atoms with Gasteiger partial charge in [-0.25, -0.2) is 18.1 Å². The Kier molecular flexibility index (Phi) is 4.77. The number of aromatic nitrogens is 1. The van der Waals surface area contributed by atoms with Gasteiger partial charge in [0.05, 0.1) is 28.2 Å². The molecule has 1 heterocycles. The monoisotopic (exact) mass is 326 g/mol. The third kappa shape index (κ3) is 3.49. The summed E-state index contributed by atoms with van der Waals surface area (Å²) < 4.78 is 27.6. The van der Waals surface area contributed by atoms with Crippen LogP contribution in [-0.2, 0) is 16.6 Å². The molecule has 1 atom stereocenters. The molecule has 114 valence electrons. The van der Waals surface area contributed by atoms with Crippen molar-refractivity contribution in [1.82, 2.24) is 9.71 Å². The number of nitrogens with one attached hydrogen (secondary N) is 1. The van der Waals surface area contributed by atoms with Gasteiger partial charge in [0.2, 0.25) is 10.0 Å². The minimum atomic E-state index is -3.69. The Hall–Kier alpha value is -1.28. The van der Waals surface area contributed by atoms with E-state index in [0.29, 0.717) is 5.56 Å². The fraction of sp³-hybridized carbons (Fsp3) is 0.357. The van der Waals surface area contributed by atoms with Crippen molar-refractivity contribution in [2.75, 3.05) is 0 Å². The molecule has 0 saturated heterocycles. The van der Waals surface area contributed by atoms with E-state index in [1.807, 2.05) is 13.8 Å². The van der Waals surface area contributed by atoms with Crippen molar-refractivity contribution >= 4 is 21.4 Å². The predicted molar refractivity (Wildman–Crippen MR) is 82.7 cm³/mol. The van der Waals surface area contributed by atoms with E-state index < -0.39 is 10.0 Å². The molecule has 2 N–H and O–H groups in total. The maximum Gasteiger partial charge on any atom is 0.241 e. The van der Waals surface area contributed by atoms with E-state index in [4.69, 9.17) is 0 Å². The number of thiazole rings is 1. The van der Waals surface area contributed by atoms with Gasteiger partial charge in [-0.1, -0.05) is 18.2 Å². The summed E-state index contributed by atoms with van der Waals surface area (Å²) in [6, 6.07) is 6.06. The number of benzene rings is 1. The summed E-state index contributed by atoms with van der Waals surface area (Å²) in [5.74, 6) is 0. The summed E-state index contributed by atoms with van der Waals surface area (Å²) in [6.45, 7) is 5.23. The Morgan fingerprint density at radius 1 is 1.33 bits per heavy atom. The summed E-state index contributed by atoms with van der Waals surface area (Å²) >= 11 is 1.48. The standard InChI is InChI=1S/C14H18N2O3S2/c1-9-14(20-11(3)15-9)10(2)16-21(18,19)13-7-5-4-6-12(13)8-17/h4-7,10,16-17H,8H2,1-3H3. The second-order valence-corrected chi connectivity index (χ2v) is 7.71. The summed E-state index contributed by atoms with van der Waals surface area (Å²) in [5.41, 5.74) is 1.22. The summed E-state index contributed by atoms with van der Waals surface area (Å²) in [4.78, 5) is 5.32. The van der Waals surface area contributed by atoms with Crippen LogP contribution in [0.1, 0.15) is 34.1 Å². The minimum absolute atomic E-state index is 0.109. The van der Waals surface area contributed by atoms with Crippen LogP contribution in [-0.4, -0.2) is 18.5 Å². The number of rotatable bonds is 5. The van der Waals surface area contributed by atoms with E-state index in [9.17, 15) is 13.5 Å². The quantitative estimate of drug-likeness (QED) is 0.883. The van der Waals surface area contributed by atoms with Crippen LogP contribution >= 0.6 is 11.3 Å². The fourth-order valence-electron chi connectivity index (χ4n) is 2.20. The Balaban J connectivity index is 2.31. The summed E-state index contributed by atoms with van der Waals surface area (Å²) in [6.07, 6.45) is 0. The van der Waals surface area contributed by atoms with Crippen molar-refractivity contribution in [3.05, 3.63) is 45.4 Å². The molecule has 0 amide bonds. The lowest BCUT2D eigenvalue weighted by Crippen LogP contribution is -2.27. The molecule has 0 radical (unpaired) electrons. The zero-order valence-electron chi connectivity index (χ0n) is 12.1. The van der Waals surface area contributed by atoms with Crippen LogP contribution < -0.4 is 4.72 Å². The van der Waals surface area contributed by atoms with Gasteiger partial charge in [0.25, 0.3) is 0 Å². The largest absolute Gasteiger partial charge is 0.392 e. The molecule has 1 unspecified atom stereocenters. The Morgan fingerprint density at radius 2 is 2.00 bits per heavy atom. The molecule has 1 aromatic carbocycles. The van der Waals surface area contributed by atoms with Crippen LogP contribution in [0.25, 0.3) is 0 Å². The van der Waals surface area contributed by atoms with Crippen molar-refractivity contribution in [2.45, 2.75) is 38.3 Å². The maximum atomic E-state index is 12.5. The molecule has 1 aromatic heterocycles. The van der Waals surface area contributed by atoms with Gasteiger partial charge in [-0.2, -0.15) is 0 Å². The fourth-order valence-corrected chi connectivity index (χ4v) is 4.65. The SMILES string of the molecule is Cc1nc(C)c(C(C)NS(=O)(=O)c2ccccc2CO)s1. The highest BCUT2D eigenvalue weighted by Gasteiger charge is 2.23. The van der Waals surface area contributed by atoms with Crippen molar-refractivity contribution in [2.24, 2.45) is 0 Å². The van der Waals surface area contributed by atoms with Crippen molar-refractivity contribution in [3.8, 4) is 0 Å². The lowest BCUT2D eigenvalue weighted by atomic mass is 10.2. The van der Waals surface area contributed by atoms with E-state index >= 15 is 0 Å². The first kappa shape index (κ1) is 16.1. The topological polar surface area (TPSA) is 79.3 Å². The normalized spacial score (nSPS) is 13.3. The van der Waals surface area contributed by atoms with Crippen molar-refractivity contribution in [1.29, 1.82) is 0 Å². The molecule has 2 rings (SSSR count). The smallest absolute Gasteiger partial charge is 0.241 e. The molecule has 21 heavy (non-hydrogen) atoms. The second kappa shape index (κ2) is 6.23. The lowest BCUT2D eigenvalue weighted by Gasteiger charge is -2.15. The van der Waals surface area contributed by atoms with Crippen LogP contribution in [0.4, 0.5) is 0 Å². The van der Waals surface area contributed by atoms with Gasteiger partial charge in [-0.05, 0) is 32.4 Å². The zero-order chi connectivity index (χ0) is 15.6. The molecule has 7 heteroatoms. The van der Waals surface area contributed by atoms with Gasteiger partial charge in [0.1, 0.15) is 0 Å². The van der Waals surface area contributed by atoms with Crippen LogP contribution in [0.2, 0.25) is 0 Å². The van der Waals surface area contributed by atoms with Gasteiger partial charge in [-0.3, -0.25) is 0 Å². The molecule has 0 aliphatic rings. The van der Waals surface area contributed by atoms with Gasteiger partial charge < -0.3 is 5.11 Å². The Morgan fingerprint density at radius 3 is 2.57 bits per heavy atom. The summed E-state index contributed by atoms with van der Waals surface area (Å²) in [5, 5.41) is 10.2. The first-order valence-electron chi connectivity index (χ1n) is 6.50. The number of hydrogen-bond donors (Lipinski definition) is 2. The number of aliphatic hydroxyl groups is 1. The van der Waals surface area contributed by atoms with Gasteiger partial charge in [-0.15, -0.1) is 11.3 Å². The average Bonchev–Trinajstić information content (AvgIpc) is 2.77. The van der Waals surface area contributed by atoms with Crippen molar-refractivity contribution in [3.63, 3.8) is 0 Å². The maximum absolute atomic E-state index is 12.5. The Bertz CT molecular complexity index is 738. The van der Waals surface area contributed by atoms with Crippen LogP contribution in [0, 0.1) is 13.8 Å². The minimum Gasteiger partial charge on any atom is -0.392 e. The van der Waals surface area contributed by atoms with E-state index in [1.54, 1.807) is 25.1 Å². The van der Waals surface area contributed by atoms with E-state index in [1.165, 1.54) is 17.4 Å². The first-order chi connectivity index (χ1) is 9.85. The van der Waals surface area contributed by atoms with Crippen molar-refractivity contribution < 1.29 is 13.5 Å². The van der Waals surface area contributed by atoms with E-state index in [2.05, 4.69) is 9.71 Å². The van der Waals surface area contributed by atoms with Crippen LogP contribution in [0.15, 0.2) is 29.2 Å². The van der Waals surface area contributed by atoms with E-state index in [0.717, 1.165) is 15.6 Å². The molecule has 0 aliphatic carbocycles. The Labute approximate surface area is 128 Å². The molecular weight excluding hydrogens is 308 g/mol. The third-order valence-electron chi connectivity index (χ3n) is 3.10. The number of aliphatic hydroxyl groups excluding tert-OH is 1. The molecule has 0 aliphatic heterocycles. The lowest BCUT2D eigenvalue weighted by molar-refractivity contribution is 0.278. The van der Waals surface area contributed by atoms with E-state index in [-0.39, 0.29) is 17.5 Å². The number of aryl methyl sites for hydroxylation is 2. The molecule has 0 bridgehead atoms. The van der Waals surface area contributed by atoms with Crippen LogP contribution in [0.5, 0.6) is 0 Å². The average molecular weight is 326 g/mol. The summed E-state index contributed by atoms with van der Waals surface area (Å²) in [7, 11) is -3.69. The molecule has 5 nitrogen and oxygen atoms in total. The first-order valence-corrected chi connectivity index (χ1v) is 8.80.